The van der Waals surface area contributed by atoms with E-state index in [9.17, 15) is 8.78 Å². The first kappa shape index (κ1) is 11.6. The smallest absolute Gasteiger partial charge is 0.255 e. The van der Waals surface area contributed by atoms with Gasteiger partial charge >= 0.3 is 0 Å². The van der Waals surface area contributed by atoms with Crippen molar-refractivity contribution in [3.05, 3.63) is 0 Å². The second-order valence-corrected chi connectivity index (χ2v) is 5.71. The van der Waals surface area contributed by atoms with E-state index >= 15 is 0 Å². The summed E-state index contributed by atoms with van der Waals surface area (Å²) >= 11 is 5.89. The van der Waals surface area contributed by atoms with Crippen LogP contribution in [-0.4, -0.2) is 35.8 Å². The molecule has 3 unspecified atom stereocenters. The van der Waals surface area contributed by atoms with E-state index in [0.717, 1.165) is 13.0 Å². The molecule has 3 atom stereocenters. The van der Waals surface area contributed by atoms with Gasteiger partial charge in [-0.05, 0) is 18.9 Å². The fraction of sp³-hybridized carbons (Fsp3) is 1.00. The number of likely N-dealkylation sites (tertiary alicyclic amines) is 1. The molecule has 0 N–H and O–H groups in total. The molecule has 1 heterocycles. The first-order valence-corrected chi connectivity index (χ1v) is 6.11. The summed E-state index contributed by atoms with van der Waals surface area (Å²) < 4.78 is 26.2. The Hall–Kier alpha value is 0.110. The highest BCUT2D eigenvalue weighted by molar-refractivity contribution is 6.18. The second kappa shape index (κ2) is 3.56. The summed E-state index contributed by atoms with van der Waals surface area (Å²) in [4.78, 5) is 2.15. The number of alkyl halides is 3. The molecule has 2 rings (SSSR count). The number of hydrogen-bond donors (Lipinski definition) is 0. The van der Waals surface area contributed by atoms with Gasteiger partial charge in [-0.3, -0.25) is 4.90 Å². The van der Waals surface area contributed by atoms with E-state index in [2.05, 4.69) is 11.8 Å². The number of hydrogen-bond acceptors (Lipinski definition) is 1. The maximum absolute atomic E-state index is 13.1. The van der Waals surface area contributed by atoms with Gasteiger partial charge in [0.25, 0.3) is 5.92 Å². The topological polar surface area (TPSA) is 3.24 Å². The van der Waals surface area contributed by atoms with Crippen molar-refractivity contribution in [2.75, 3.05) is 19.0 Å². The average molecular weight is 238 g/mol. The lowest BCUT2D eigenvalue weighted by molar-refractivity contribution is 0.0510. The minimum Gasteiger partial charge on any atom is -0.298 e. The van der Waals surface area contributed by atoms with Crippen molar-refractivity contribution >= 4 is 11.6 Å². The van der Waals surface area contributed by atoms with E-state index in [1.165, 1.54) is 0 Å². The summed E-state index contributed by atoms with van der Waals surface area (Å²) in [6, 6.07) is 0.292. The van der Waals surface area contributed by atoms with Crippen LogP contribution in [-0.2, 0) is 0 Å². The zero-order valence-corrected chi connectivity index (χ0v) is 10.0. The minimum absolute atomic E-state index is 0.0416. The summed E-state index contributed by atoms with van der Waals surface area (Å²) in [5.41, 5.74) is -0.790. The Bertz CT molecular complexity index is 259. The molecule has 0 amide bonds. The van der Waals surface area contributed by atoms with Crippen LogP contribution in [0.3, 0.4) is 0 Å². The minimum atomic E-state index is -2.45. The second-order valence-electron chi connectivity index (χ2n) is 5.40. The predicted octanol–water partition coefficient (Wildman–Crippen LogP) is 2.98. The van der Waals surface area contributed by atoms with Crippen molar-refractivity contribution in [3.8, 4) is 0 Å². The molecule has 0 aromatic heterocycles. The Labute approximate surface area is 94.8 Å². The monoisotopic (exact) mass is 237 g/mol. The number of nitrogens with zero attached hydrogens (tertiary/aromatic N) is 1. The maximum Gasteiger partial charge on any atom is 0.255 e. The van der Waals surface area contributed by atoms with E-state index in [0.29, 0.717) is 24.4 Å². The van der Waals surface area contributed by atoms with Gasteiger partial charge in [0.1, 0.15) is 0 Å². The highest BCUT2D eigenvalue weighted by Gasteiger charge is 2.68. The van der Waals surface area contributed by atoms with Gasteiger partial charge in [-0.2, -0.15) is 0 Å². The summed E-state index contributed by atoms with van der Waals surface area (Å²) in [6.45, 7) is 5.26. The van der Waals surface area contributed by atoms with Gasteiger partial charge in [-0.25, -0.2) is 8.78 Å². The molecule has 4 heteroatoms. The van der Waals surface area contributed by atoms with Crippen molar-refractivity contribution in [3.63, 3.8) is 0 Å². The van der Waals surface area contributed by atoms with Gasteiger partial charge in [0.05, 0.1) is 0 Å². The lowest BCUT2D eigenvalue weighted by atomic mass is 10.0. The first-order chi connectivity index (χ1) is 6.89. The Morgan fingerprint density at radius 3 is 2.53 bits per heavy atom. The SMILES string of the molecule is CC1CCN(CC2(C)CC2(F)F)C1CCl. The molecule has 2 fully saturated rings. The highest BCUT2D eigenvalue weighted by atomic mass is 35.5. The maximum atomic E-state index is 13.1. The van der Waals surface area contributed by atoms with Crippen LogP contribution in [0.15, 0.2) is 0 Å². The number of halogens is 3. The van der Waals surface area contributed by atoms with Crippen LogP contribution < -0.4 is 0 Å². The molecule has 2 aliphatic rings. The third kappa shape index (κ3) is 1.89. The fourth-order valence-electron chi connectivity index (χ4n) is 2.60. The average Bonchev–Trinajstić information content (AvgIpc) is 2.48. The molecule has 0 aromatic carbocycles. The molecule has 1 saturated heterocycles. The third-order valence-corrected chi connectivity index (χ3v) is 4.39. The lowest BCUT2D eigenvalue weighted by Crippen LogP contribution is -2.38. The third-order valence-electron chi connectivity index (χ3n) is 4.08. The van der Waals surface area contributed by atoms with Crippen molar-refractivity contribution in [1.82, 2.24) is 4.90 Å². The zero-order chi connectivity index (χ0) is 11.3. The van der Waals surface area contributed by atoms with Crippen molar-refractivity contribution < 1.29 is 8.78 Å². The van der Waals surface area contributed by atoms with E-state index in [1.807, 2.05) is 0 Å². The van der Waals surface area contributed by atoms with Crippen LogP contribution in [0.1, 0.15) is 26.7 Å². The standard InChI is InChI=1S/C11H18ClF2N/c1-8-3-4-15(9(8)5-12)7-10(2)6-11(10,13)14/h8-9H,3-7H2,1-2H3. The Kier molecular flexibility index (Phi) is 2.75. The van der Waals surface area contributed by atoms with Crippen molar-refractivity contribution in [2.45, 2.75) is 38.7 Å². The van der Waals surface area contributed by atoms with Crippen LogP contribution >= 0.6 is 11.6 Å². The normalized spacial score (nSPS) is 44.6. The molecule has 1 nitrogen and oxygen atoms in total. The predicted molar refractivity (Wildman–Crippen MR) is 57.5 cm³/mol. The van der Waals surface area contributed by atoms with E-state index in [1.54, 1.807) is 6.92 Å². The molecule has 1 saturated carbocycles. The van der Waals surface area contributed by atoms with Gasteiger partial charge in [0, 0.05) is 30.3 Å². The van der Waals surface area contributed by atoms with Crippen LogP contribution in [0.5, 0.6) is 0 Å². The van der Waals surface area contributed by atoms with Crippen LogP contribution in [0, 0.1) is 11.3 Å². The first-order valence-electron chi connectivity index (χ1n) is 5.57. The molecule has 1 aliphatic carbocycles. The summed E-state index contributed by atoms with van der Waals surface area (Å²) in [5, 5.41) is 0. The summed E-state index contributed by atoms with van der Waals surface area (Å²) in [6.07, 6.45) is 1.12. The van der Waals surface area contributed by atoms with Crippen LogP contribution in [0.2, 0.25) is 0 Å². The van der Waals surface area contributed by atoms with E-state index in [-0.39, 0.29) is 6.42 Å². The molecule has 88 valence electrons. The van der Waals surface area contributed by atoms with Crippen LogP contribution in [0.4, 0.5) is 8.78 Å². The Balaban J connectivity index is 1.96. The summed E-state index contributed by atoms with van der Waals surface area (Å²) in [5.74, 6) is -1.35. The van der Waals surface area contributed by atoms with Gasteiger partial charge < -0.3 is 0 Å². The molecule has 0 bridgehead atoms. The van der Waals surface area contributed by atoms with E-state index in [4.69, 9.17) is 11.6 Å². The molecule has 1 aliphatic heterocycles. The van der Waals surface area contributed by atoms with E-state index < -0.39 is 11.3 Å². The Morgan fingerprint density at radius 2 is 2.07 bits per heavy atom. The Morgan fingerprint density at radius 1 is 1.47 bits per heavy atom. The molecule has 15 heavy (non-hydrogen) atoms. The quantitative estimate of drug-likeness (QED) is 0.683. The van der Waals surface area contributed by atoms with Crippen LogP contribution in [0.25, 0.3) is 0 Å². The fourth-order valence-corrected chi connectivity index (χ4v) is 3.10. The molecular formula is C11H18ClF2N. The molecule has 0 radical (unpaired) electrons. The van der Waals surface area contributed by atoms with Gasteiger partial charge in [0.15, 0.2) is 0 Å². The zero-order valence-electron chi connectivity index (χ0n) is 9.27. The molecule has 0 aromatic rings. The highest BCUT2D eigenvalue weighted by Crippen LogP contribution is 2.60. The van der Waals surface area contributed by atoms with Gasteiger partial charge in [0.2, 0.25) is 0 Å². The molecule has 0 spiro atoms. The largest absolute Gasteiger partial charge is 0.298 e. The van der Waals surface area contributed by atoms with Gasteiger partial charge in [-0.15, -0.1) is 11.6 Å². The summed E-state index contributed by atoms with van der Waals surface area (Å²) in [7, 11) is 0. The van der Waals surface area contributed by atoms with Crippen molar-refractivity contribution in [2.24, 2.45) is 11.3 Å². The van der Waals surface area contributed by atoms with Gasteiger partial charge in [-0.1, -0.05) is 13.8 Å². The number of rotatable bonds is 3. The lowest BCUT2D eigenvalue weighted by Gasteiger charge is -2.27. The molecular weight excluding hydrogens is 220 g/mol. The van der Waals surface area contributed by atoms with Crippen molar-refractivity contribution in [1.29, 1.82) is 0 Å².